The number of amides is 2. The van der Waals surface area contributed by atoms with E-state index in [4.69, 9.17) is 10.1 Å². The number of hydrogen-bond acceptors (Lipinski definition) is 6. The van der Waals surface area contributed by atoms with Crippen LogP contribution in [0.4, 0.5) is 0 Å². The van der Waals surface area contributed by atoms with Gasteiger partial charge in [0, 0.05) is 18.5 Å². The highest BCUT2D eigenvalue weighted by atomic mass is 16.5. The van der Waals surface area contributed by atoms with E-state index in [0.29, 0.717) is 29.9 Å². The number of fused-ring (bicyclic) bond motifs is 1. The van der Waals surface area contributed by atoms with E-state index >= 15 is 0 Å². The third kappa shape index (κ3) is 7.63. The van der Waals surface area contributed by atoms with Crippen LogP contribution >= 0.6 is 0 Å². The average molecular weight is 509 g/mol. The highest BCUT2D eigenvalue weighted by molar-refractivity contribution is 5.98. The van der Waals surface area contributed by atoms with Crippen LogP contribution < -0.4 is 10.6 Å². The van der Waals surface area contributed by atoms with Crippen molar-refractivity contribution in [3.63, 3.8) is 0 Å². The highest BCUT2D eigenvalue weighted by Crippen LogP contribution is 2.26. The van der Waals surface area contributed by atoms with Crippen LogP contribution in [0.3, 0.4) is 0 Å². The van der Waals surface area contributed by atoms with Crippen LogP contribution in [-0.4, -0.2) is 52.1 Å². The molecule has 1 unspecified atom stereocenters. The molecule has 3 rings (SSSR count). The third-order valence-corrected chi connectivity index (χ3v) is 5.89. The number of carbonyl (C=O) groups excluding carboxylic acids is 3. The molecule has 0 aliphatic carbocycles. The van der Waals surface area contributed by atoms with Gasteiger partial charge in [0.1, 0.15) is 12.4 Å². The van der Waals surface area contributed by atoms with Gasteiger partial charge in [0.05, 0.1) is 30.6 Å². The van der Waals surface area contributed by atoms with Gasteiger partial charge >= 0.3 is 11.9 Å². The van der Waals surface area contributed by atoms with Crippen molar-refractivity contribution in [3.05, 3.63) is 65.5 Å². The lowest BCUT2D eigenvalue weighted by molar-refractivity contribution is -0.139. The van der Waals surface area contributed by atoms with Crippen molar-refractivity contribution in [2.24, 2.45) is 0 Å². The van der Waals surface area contributed by atoms with Gasteiger partial charge in [-0.25, -0.2) is 4.98 Å². The fourth-order valence-corrected chi connectivity index (χ4v) is 3.98. The molecule has 2 amide bonds. The minimum atomic E-state index is -1.04. The lowest BCUT2D eigenvalue weighted by Gasteiger charge is -2.20. The Balaban J connectivity index is 1.99. The number of nitrogens with zero attached hydrogens (tertiary/aromatic N) is 2. The molecule has 1 aromatic heterocycles. The van der Waals surface area contributed by atoms with Gasteiger partial charge in [0.25, 0.3) is 5.91 Å². The molecule has 0 fully saturated rings. The van der Waals surface area contributed by atoms with Crippen LogP contribution in [0.1, 0.15) is 60.4 Å². The second-order valence-electron chi connectivity index (χ2n) is 8.64. The molecule has 3 aromatic rings. The maximum absolute atomic E-state index is 12.7. The molecule has 196 valence electrons. The van der Waals surface area contributed by atoms with Gasteiger partial charge < -0.3 is 25.0 Å². The van der Waals surface area contributed by atoms with Gasteiger partial charge in [-0.1, -0.05) is 43.7 Å². The summed E-state index contributed by atoms with van der Waals surface area (Å²) < 4.78 is 6.61. The summed E-state index contributed by atoms with van der Waals surface area (Å²) in [7, 11) is 1.25. The van der Waals surface area contributed by atoms with Crippen molar-refractivity contribution < 1.29 is 29.0 Å². The number of methoxy groups -OCH3 is 1. The summed E-state index contributed by atoms with van der Waals surface area (Å²) in [6.45, 7) is 2.50. The molecular weight excluding hydrogens is 476 g/mol. The zero-order valence-corrected chi connectivity index (χ0v) is 21.0. The normalized spacial score (nSPS) is 11.6. The van der Waals surface area contributed by atoms with E-state index in [1.165, 1.54) is 7.11 Å². The molecule has 3 N–H and O–H groups in total. The van der Waals surface area contributed by atoms with E-state index in [2.05, 4.69) is 22.3 Å². The standard InChI is InChI=1S/C27H32N4O6/c1-3-4-14-31-22-11-10-19(27(36)28-17-25(35)37-2)16-20(22)30-26(31)21(15-18-8-6-5-7-9-18)29-23(32)12-13-24(33)34/h5-11,16,21H,3-4,12-15,17H2,1-2H3,(H,28,36)(H,29,32)(H,33,34). The Bertz CT molecular complexity index is 1250. The van der Waals surface area contributed by atoms with E-state index in [1.54, 1.807) is 18.2 Å². The van der Waals surface area contributed by atoms with Gasteiger partial charge in [-0.15, -0.1) is 0 Å². The number of carboxylic acids is 1. The molecule has 0 aliphatic rings. The predicted molar refractivity (Wildman–Crippen MR) is 137 cm³/mol. The summed E-state index contributed by atoms with van der Waals surface area (Å²) >= 11 is 0. The number of unbranched alkanes of at least 4 members (excludes halogenated alkanes) is 1. The van der Waals surface area contributed by atoms with Crippen molar-refractivity contribution in [3.8, 4) is 0 Å². The maximum atomic E-state index is 12.7. The lowest BCUT2D eigenvalue weighted by Crippen LogP contribution is -2.32. The Morgan fingerprint density at radius 3 is 2.51 bits per heavy atom. The fraction of sp³-hybridized carbons (Fsp3) is 0.370. The smallest absolute Gasteiger partial charge is 0.325 e. The highest BCUT2D eigenvalue weighted by Gasteiger charge is 2.24. The molecule has 37 heavy (non-hydrogen) atoms. The first kappa shape index (κ1) is 27.4. The van der Waals surface area contributed by atoms with E-state index in [0.717, 1.165) is 23.9 Å². The van der Waals surface area contributed by atoms with E-state index in [1.807, 2.05) is 34.9 Å². The van der Waals surface area contributed by atoms with Crippen molar-refractivity contribution in [1.82, 2.24) is 20.2 Å². The van der Waals surface area contributed by atoms with E-state index < -0.39 is 23.9 Å². The minimum Gasteiger partial charge on any atom is -0.481 e. The molecule has 10 nitrogen and oxygen atoms in total. The number of imidazole rings is 1. The van der Waals surface area contributed by atoms with Crippen LogP contribution in [-0.2, 0) is 32.1 Å². The summed E-state index contributed by atoms with van der Waals surface area (Å²) in [5.74, 6) is -1.77. The third-order valence-electron chi connectivity index (χ3n) is 5.89. The van der Waals surface area contributed by atoms with Crippen LogP contribution in [0.25, 0.3) is 11.0 Å². The first-order valence-electron chi connectivity index (χ1n) is 12.2. The van der Waals surface area contributed by atoms with Gasteiger partial charge in [-0.3, -0.25) is 19.2 Å². The number of nitrogens with one attached hydrogen (secondary N) is 2. The monoisotopic (exact) mass is 508 g/mol. The molecule has 0 spiro atoms. The molecule has 0 bridgehead atoms. The number of benzene rings is 2. The Morgan fingerprint density at radius 2 is 1.84 bits per heavy atom. The Hall–Kier alpha value is -4.21. The van der Waals surface area contributed by atoms with Crippen LogP contribution in [0.5, 0.6) is 0 Å². The molecule has 10 heteroatoms. The van der Waals surface area contributed by atoms with Gasteiger partial charge in [0.2, 0.25) is 5.91 Å². The summed E-state index contributed by atoms with van der Waals surface area (Å²) in [5.41, 5.74) is 2.72. The average Bonchev–Trinajstić information content (AvgIpc) is 3.26. The van der Waals surface area contributed by atoms with Crippen molar-refractivity contribution in [2.45, 2.75) is 51.6 Å². The second-order valence-corrected chi connectivity index (χ2v) is 8.64. The summed E-state index contributed by atoms with van der Waals surface area (Å²) in [6.07, 6.45) is 1.88. The number of aliphatic carboxylic acids is 1. The number of aryl methyl sites for hydroxylation is 1. The number of carboxylic acid groups (broad SMARTS) is 1. The number of ether oxygens (including phenoxy) is 1. The van der Waals surface area contributed by atoms with Gasteiger partial charge in [-0.2, -0.15) is 0 Å². The van der Waals surface area contributed by atoms with Gasteiger partial charge in [-0.05, 0) is 36.6 Å². The Kier molecular flexibility index (Phi) is 9.76. The molecule has 2 aromatic carbocycles. The molecule has 1 atom stereocenters. The van der Waals surface area contributed by atoms with E-state index in [-0.39, 0.29) is 25.3 Å². The number of carbonyl (C=O) groups is 4. The maximum Gasteiger partial charge on any atom is 0.325 e. The number of hydrogen-bond donors (Lipinski definition) is 3. The van der Waals surface area contributed by atoms with Crippen LogP contribution in [0, 0.1) is 0 Å². The lowest BCUT2D eigenvalue weighted by atomic mass is 10.0. The first-order valence-corrected chi connectivity index (χ1v) is 12.2. The molecule has 0 aliphatic heterocycles. The molecule has 0 saturated carbocycles. The molecular formula is C27H32N4O6. The molecule has 0 radical (unpaired) electrons. The first-order chi connectivity index (χ1) is 17.8. The molecule has 1 heterocycles. The van der Waals surface area contributed by atoms with Crippen molar-refractivity contribution in [1.29, 1.82) is 0 Å². The summed E-state index contributed by atoms with van der Waals surface area (Å²) in [4.78, 5) is 52.4. The Morgan fingerprint density at radius 1 is 1.08 bits per heavy atom. The number of esters is 1. The fourth-order valence-electron chi connectivity index (χ4n) is 3.98. The van der Waals surface area contributed by atoms with E-state index in [9.17, 15) is 19.2 Å². The Labute approximate surface area is 215 Å². The largest absolute Gasteiger partial charge is 0.481 e. The second kappa shape index (κ2) is 13.2. The SMILES string of the molecule is CCCCn1c(C(Cc2ccccc2)NC(=O)CCC(=O)O)nc2cc(C(=O)NCC(=O)OC)ccc21. The summed E-state index contributed by atoms with van der Waals surface area (Å²) in [5, 5.41) is 14.5. The van der Waals surface area contributed by atoms with Crippen LogP contribution in [0.15, 0.2) is 48.5 Å². The van der Waals surface area contributed by atoms with Crippen LogP contribution in [0.2, 0.25) is 0 Å². The van der Waals surface area contributed by atoms with Crippen molar-refractivity contribution >= 4 is 34.8 Å². The zero-order chi connectivity index (χ0) is 26.8. The topological polar surface area (TPSA) is 140 Å². The van der Waals surface area contributed by atoms with Crippen molar-refractivity contribution in [2.75, 3.05) is 13.7 Å². The summed E-state index contributed by atoms with van der Waals surface area (Å²) in [6, 6.07) is 14.3. The van der Waals surface area contributed by atoms with Gasteiger partial charge in [0.15, 0.2) is 0 Å². The zero-order valence-electron chi connectivity index (χ0n) is 21.0. The minimum absolute atomic E-state index is 0.139. The predicted octanol–water partition coefficient (Wildman–Crippen LogP) is 3.00. The molecule has 0 saturated heterocycles. The number of aromatic nitrogens is 2. The number of rotatable bonds is 13. The quantitative estimate of drug-likeness (QED) is 0.302.